The van der Waals surface area contributed by atoms with Crippen LogP contribution >= 0.6 is 0 Å². The van der Waals surface area contributed by atoms with Crippen LogP contribution < -0.4 is 15.0 Å². The Bertz CT molecular complexity index is 841. The molecule has 0 unspecified atom stereocenters. The minimum absolute atomic E-state index is 0.110. The van der Waals surface area contributed by atoms with Crippen molar-refractivity contribution in [1.29, 1.82) is 0 Å². The molecule has 1 aromatic heterocycles. The summed E-state index contributed by atoms with van der Waals surface area (Å²) in [5.41, 5.74) is -0.0652. The predicted octanol–water partition coefficient (Wildman–Crippen LogP) is 3.65. The molecule has 2 heterocycles. The van der Waals surface area contributed by atoms with E-state index in [0.29, 0.717) is 43.4 Å². The highest BCUT2D eigenvalue weighted by atomic mass is 19.4. The molecule has 0 bridgehead atoms. The molecule has 9 heteroatoms. The number of aromatic nitrogens is 1. The third kappa shape index (κ3) is 5.41. The van der Waals surface area contributed by atoms with Gasteiger partial charge in [-0.2, -0.15) is 13.2 Å². The van der Waals surface area contributed by atoms with Gasteiger partial charge in [-0.25, -0.2) is 4.98 Å². The first-order chi connectivity index (χ1) is 14.3. The molecule has 1 saturated heterocycles. The van der Waals surface area contributed by atoms with E-state index in [0.717, 1.165) is 18.7 Å². The van der Waals surface area contributed by atoms with Crippen molar-refractivity contribution >= 4 is 17.4 Å². The van der Waals surface area contributed by atoms with Crippen LogP contribution in [0.25, 0.3) is 0 Å². The Balaban J connectivity index is 1.57. The minimum Gasteiger partial charge on any atom is -0.497 e. The zero-order valence-corrected chi connectivity index (χ0v) is 16.9. The Kier molecular flexibility index (Phi) is 6.81. The van der Waals surface area contributed by atoms with E-state index >= 15 is 0 Å². The lowest BCUT2D eigenvalue weighted by atomic mass is 10.2. The Morgan fingerprint density at radius 2 is 1.83 bits per heavy atom. The maximum Gasteiger partial charge on any atom is 0.417 e. The molecule has 1 fully saturated rings. The third-order valence-corrected chi connectivity index (χ3v) is 5.21. The number of ether oxygens (including phenoxy) is 1. The number of methoxy groups -OCH3 is 1. The van der Waals surface area contributed by atoms with E-state index in [1.54, 1.807) is 31.4 Å². The van der Waals surface area contributed by atoms with Gasteiger partial charge >= 0.3 is 6.18 Å². The number of benzene rings is 1. The number of nitrogens with zero attached hydrogens (tertiary/aromatic N) is 3. The number of anilines is 2. The Labute approximate surface area is 173 Å². The van der Waals surface area contributed by atoms with Gasteiger partial charge in [-0.15, -0.1) is 0 Å². The normalized spacial score (nSPS) is 16.6. The fraction of sp³-hybridized carbons (Fsp3) is 0.429. The zero-order chi connectivity index (χ0) is 21.7. The van der Waals surface area contributed by atoms with E-state index in [4.69, 9.17) is 4.74 Å². The van der Waals surface area contributed by atoms with Gasteiger partial charge in [-0.05, 0) is 49.7 Å². The predicted molar refractivity (Wildman–Crippen MR) is 109 cm³/mol. The first-order valence-corrected chi connectivity index (χ1v) is 9.75. The van der Waals surface area contributed by atoms with Crippen molar-refractivity contribution in [2.75, 3.05) is 43.5 Å². The highest BCUT2D eigenvalue weighted by Gasteiger charge is 2.31. The number of carbonyl (C=O) groups excluding carboxylic acids is 1. The Morgan fingerprint density at radius 1 is 1.10 bits per heavy atom. The maximum atomic E-state index is 12.7. The van der Waals surface area contributed by atoms with Crippen LogP contribution in [0.3, 0.4) is 0 Å². The van der Waals surface area contributed by atoms with Crippen LogP contribution in [0.5, 0.6) is 5.75 Å². The zero-order valence-electron chi connectivity index (χ0n) is 16.9. The standard InChI is InChI=1S/C21H25F3N4O2/c1-15(20(29)26-17-5-7-18(30-2)8-6-17)27-10-3-11-28(13-12-27)19-9-4-16(14-25-19)21(22,23)24/h4-9,14-15H,3,10-13H2,1-2H3,(H,26,29)/t15-/m1/s1. The minimum atomic E-state index is -4.40. The Morgan fingerprint density at radius 3 is 2.43 bits per heavy atom. The average molecular weight is 422 g/mol. The van der Waals surface area contributed by atoms with Gasteiger partial charge in [-0.1, -0.05) is 0 Å². The lowest BCUT2D eigenvalue weighted by Gasteiger charge is -2.27. The monoisotopic (exact) mass is 422 g/mol. The molecule has 2 aromatic rings. The summed E-state index contributed by atoms with van der Waals surface area (Å²) in [5.74, 6) is 1.12. The summed E-state index contributed by atoms with van der Waals surface area (Å²) < 4.78 is 43.3. The first-order valence-electron chi connectivity index (χ1n) is 9.75. The van der Waals surface area contributed by atoms with E-state index < -0.39 is 11.7 Å². The van der Waals surface area contributed by atoms with E-state index in [9.17, 15) is 18.0 Å². The second kappa shape index (κ2) is 9.34. The van der Waals surface area contributed by atoms with E-state index in [1.807, 2.05) is 11.8 Å². The molecule has 1 aromatic carbocycles. The van der Waals surface area contributed by atoms with Gasteiger partial charge in [0.25, 0.3) is 0 Å². The van der Waals surface area contributed by atoms with E-state index in [2.05, 4.69) is 15.2 Å². The molecule has 1 amide bonds. The highest BCUT2D eigenvalue weighted by molar-refractivity contribution is 5.94. The van der Waals surface area contributed by atoms with Crippen molar-refractivity contribution < 1.29 is 22.7 Å². The number of amides is 1. The van der Waals surface area contributed by atoms with Gasteiger partial charge in [0.1, 0.15) is 11.6 Å². The van der Waals surface area contributed by atoms with E-state index in [-0.39, 0.29) is 11.9 Å². The number of pyridine rings is 1. The fourth-order valence-electron chi connectivity index (χ4n) is 3.38. The molecule has 0 saturated carbocycles. The van der Waals surface area contributed by atoms with Gasteiger partial charge in [-0.3, -0.25) is 9.69 Å². The number of hydrogen-bond acceptors (Lipinski definition) is 5. The number of carbonyl (C=O) groups is 1. The number of halogens is 3. The van der Waals surface area contributed by atoms with Crippen molar-refractivity contribution in [3.05, 3.63) is 48.2 Å². The quantitative estimate of drug-likeness (QED) is 0.797. The van der Waals surface area contributed by atoms with Crippen molar-refractivity contribution in [2.24, 2.45) is 0 Å². The molecule has 0 spiro atoms. The Hall–Kier alpha value is -2.81. The van der Waals surface area contributed by atoms with Gasteiger partial charge in [0.15, 0.2) is 0 Å². The largest absolute Gasteiger partial charge is 0.497 e. The van der Waals surface area contributed by atoms with Crippen LogP contribution in [0.1, 0.15) is 18.9 Å². The molecular formula is C21H25F3N4O2. The second-order valence-electron chi connectivity index (χ2n) is 7.17. The summed E-state index contributed by atoms with van der Waals surface area (Å²) in [6, 6.07) is 9.23. The molecule has 1 aliphatic rings. The maximum absolute atomic E-state index is 12.7. The molecule has 1 atom stereocenters. The number of alkyl halides is 3. The SMILES string of the molecule is COc1ccc(NC(=O)[C@@H](C)N2CCCN(c3ccc(C(F)(F)F)cn3)CC2)cc1. The van der Waals surface area contributed by atoms with Crippen molar-refractivity contribution in [2.45, 2.75) is 25.6 Å². The number of rotatable bonds is 5. The van der Waals surface area contributed by atoms with Crippen LogP contribution in [0.4, 0.5) is 24.7 Å². The molecular weight excluding hydrogens is 397 g/mol. The molecule has 3 rings (SSSR count). The summed E-state index contributed by atoms with van der Waals surface area (Å²) in [5, 5.41) is 2.91. The van der Waals surface area contributed by atoms with Gasteiger partial charge < -0.3 is 15.0 Å². The van der Waals surface area contributed by atoms with Crippen LogP contribution in [0, 0.1) is 0 Å². The van der Waals surface area contributed by atoms with Gasteiger partial charge in [0, 0.05) is 38.1 Å². The summed E-state index contributed by atoms with van der Waals surface area (Å²) in [6.07, 6.45) is -2.75. The molecule has 30 heavy (non-hydrogen) atoms. The number of hydrogen-bond donors (Lipinski definition) is 1. The summed E-state index contributed by atoms with van der Waals surface area (Å²) in [4.78, 5) is 20.7. The van der Waals surface area contributed by atoms with Crippen LogP contribution in [0.15, 0.2) is 42.6 Å². The molecule has 1 N–H and O–H groups in total. The van der Waals surface area contributed by atoms with Crippen molar-refractivity contribution in [3.63, 3.8) is 0 Å². The molecule has 0 aliphatic carbocycles. The molecule has 1 aliphatic heterocycles. The molecule has 162 valence electrons. The highest BCUT2D eigenvalue weighted by Crippen LogP contribution is 2.29. The third-order valence-electron chi connectivity index (χ3n) is 5.21. The summed E-state index contributed by atoms with van der Waals surface area (Å²) in [7, 11) is 1.58. The first kappa shape index (κ1) is 21.9. The van der Waals surface area contributed by atoms with Crippen LogP contribution in [0.2, 0.25) is 0 Å². The average Bonchev–Trinajstić information content (AvgIpc) is 2.99. The molecule has 6 nitrogen and oxygen atoms in total. The van der Waals surface area contributed by atoms with Crippen molar-refractivity contribution in [3.8, 4) is 5.75 Å². The summed E-state index contributed by atoms with van der Waals surface area (Å²) in [6.45, 7) is 4.43. The number of nitrogens with one attached hydrogen (secondary N) is 1. The molecule has 0 radical (unpaired) electrons. The summed E-state index contributed by atoms with van der Waals surface area (Å²) >= 11 is 0. The lowest BCUT2D eigenvalue weighted by Crippen LogP contribution is -2.44. The second-order valence-corrected chi connectivity index (χ2v) is 7.17. The lowest BCUT2D eigenvalue weighted by molar-refractivity contribution is -0.137. The van der Waals surface area contributed by atoms with E-state index in [1.165, 1.54) is 6.07 Å². The smallest absolute Gasteiger partial charge is 0.417 e. The van der Waals surface area contributed by atoms with Gasteiger partial charge in [0.2, 0.25) is 5.91 Å². The van der Waals surface area contributed by atoms with Gasteiger partial charge in [0.05, 0.1) is 18.7 Å². The topological polar surface area (TPSA) is 57.7 Å². The van der Waals surface area contributed by atoms with Crippen LogP contribution in [-0.4, -0.2) is 55.1 Å². The van der Waals surface area contributed by atoms with Crippen LogP contribution in [-0.2, 0) is 11.0 Å². The fourth-order valence-corrected chi connectivity index (χ4v) is 3.38. The van der Waals surface area contributed by atoms with Crippen molar-refractivity contribution in [1.82, 2.24) is 9.88 Å².